The predicted molar refractivity (Wildman–Crippen MR) is 69.2 cm³/mol. The van der Waals surface area contributed by atoms with Gasteiger partial charge in [0.05, 0.1) is 12.9 Å². The van der Waals surface area contributed by atoms with E-state index in [2.05, 4.69) is 4.18 Å². The minimum atomic E-state index is -3.78. The summed E-state index contributed by atoms with van der Waals surface area (Å²) in [6.07, 6.45) is 0.719. The molecule has 0 atom stereocenters. The van der Waals surface area contributed by atoms with Gasteiger partial charge >= 0.3 is 0 Å². The van der Waals surface area contributed by atoms with Gasteiger partial charge in [0, 0.05) is 12.6 Å². The summed E-state index contributed by atoms with van der Waals surface area (Å²) in [5.41, 5.74) is -0.578. The largest absolute Gasteiger partial charge is 0.273 e. The molecule has 108 valence electrons. The van der Waals surface area contributed by atoms with Gasteiger partial charge in [0.2, 0.25) is 10.0 Å². The molecular formula is C10H21NO5S2. The van der Waals surface area contributed by atoms with E-state index in [1.54, 1.807) is 20.8 Å². The van der Waals surface area contributed by atoms with E-state index >= 15 is 0 Å². The Morgan fingerprint density at radius 1 is 1.17 bits per heavy atom. The molecule has 0 N–H and O–H groups in total. The molecule has 0 aromatic rings. The maximum Gasteiger partial charge on any atom is 0.268 e. The molecule has 0 unspecified atom stereocenters. The zero-order chi connectivity index (χ0) is 14.4. The third-order valence-electron chi connectivity index (χ3n) is 3.35. The van der Waals surface area contributed by atoms with Crippen LogP contribution in [0.4, 0.5) is 0 Å². The first-order valence-corrected chi connectivity index (χ1v) is 8.67. The standard InChI is InChI=1S/C10H21NO5S2/c1-9(2,3)11(4)18(14,15)10(6-7-10)8-17(12,13)16-5/h6-8H2,1-5H3. The van der Waals surface area contributed by atoms with Gasteiger partial charge in [-0.3, -0.25) is 4.18 Å². The van der Waals surface area contributed by atoms with Gasteiger partial charge in [0.1, 0.15) is 4.75 Å². The number of rotatable bonds is 5. The molecule has 0 aliphatic heterocycles. The zero-order valence-electron chi connectivity index (χ0n) is 11.4. The molecule has 0 heterocycles. The highest BCUT2D eigenvalue weighted by Gasteiger charge is 2.59. The number of sulfonamides is 1. The van der Waals surface area contributed by atoms with E-state index in [9.17, 15) is 16.8 Å². The Bertz CT molecular complexity index is 511. The molecule has 0 aromatic heterocycles. The van der Waals surface area contributed by atoms with Crippen molar-refractivity contribution in [3.8, 4) is 0 Å². The summed E-state index contributed by atoms with van der Waals surface area (Å²) in [7, 11) is -4.91. The maximum absolute atomic E-state index is 12.5. The quantitative estimate of drug-likeness (QED) is 0.693. The molecule has 1 aliphatic carbocycles. The SMILES string of the molecule is COS(=O)(=O)CC1(S(=O)(=O)N(C)C(C)(C)C)CC1. The first-order valence-electron chi connectivity index (χ1n) is 5.65. The van der Waals surface area contributed by atoms with Crippen LogP contribution < -0.4 is 0 Å². The molecule has 1 saturated carbocycles. The molecule has 0 aromatic carbocycles. The summed E-state index contributed by atoms with van der Waals surface area (Å²) in [4.78, 5) is 0. The van der Waals surface area contributed by atoms with Crippen molar-refractivity contribution in [3.05, 3.63) is 0 Å². The highest BCUT2D eigenvalue weighted by molar-refractivity contribution is 7.93. The van der Waals surface area contributed by atoms with Gasteiger partial charge in [-0.05, 0) is 33.6 Å². The Labute approximate surface area is 109 Å². The zero-order valence-corrected chi connectivity index (χ0v) is 13.1. The smallest absolute Gasteiger partial charge is 0.268 e. The summed E-state index contributed by atoms with van der Waals surface area (Å²) >= 11 is 0. The Morgan fingerprint density at radius 2 is 1.61 bits per heavy atom. The Morgan fingerprint density at radius 3 is 1.89 bits per heavy atom. The van der Waals surface area contributed by atoms with Crippen molar-refractivity contribution < 1.29 is 21.0 Å². The predicted octanol–water partition coefficient (Wildman–Crippen LogP) is 0.555. The Balaban J connectivity index is 3.07. The fourth-order valence-corrected chi connectivity index (χ4v) is 5.65. The highest BCUT2D eigenvalue weighted by Crippen LogP contribution is 2.47. The molecule has 0 radical (unpaired) electrons. The number of hydrogen-bond acceptors (Lipinski definition) is 5. The lowest BCUT2D eigenvalue weighted by atomic mass is 10.1. The van der Waals surface area contributed by atoms with Crippen LogP contribution >= 0.6 is 0 Å². The number of hydrogen-bond donors (Lipinski definition) is 0. The summed E-state index contributed by atoms with van der Waals surface area (Å²) in [5.74, 6) is -0.473. The minimum Gasteiger partial charge on any atom is -0.273 e. The minimum absolute atomic E-state index is 0.359. The van der Waals surface area contributed by atoms with Crippen molar-refractivity contribution in [2.45, 2.75) is 43.9 Å². The van der Waals surface area contributed by atoms with E-state index in [4.69, 9.17) is 0 Å². The lowest BCUT2D eigenvalue weighted by molar-refractivity contribution is 0.287. The second kappa shape index (κ2) is 4.43. The van der Waals surface area contributed by atoms with Crippen LogP contribution in [0.3, 0.4) is 0 Å². The van der Waals surface area contributed by atoms with E-state index in [0.717, 1.165) is 7.11 Å². The van der Waals surface area contributed by atoms with E-state index in [1.165, 1.54) is 11.4 Å². The van der Waals surface area contributed by atoms with Crippen molar-refractivity contribution in [1.82, 2.24) is 4.31 Å². The van der Waals surface area contributed by atoms with Gasteiger partial charge < -0.3 is 0 Å². The molecule has 1 aliphatic rings. The molecule has 18 heavy (non-hydrogen) atoms. The lowest BCUT2D eigenvalue weighted by Gasteiger charge is -2.34. The molecule has 0 amide bonds. The van der Waals surface area contributed by atoms with Gasteiger partial charge in [0.25, 0.3) is 10.1 Å². The molecule has 1 rings (SSSR count). The van der Waals surface area contributed by atoms with Crippen molar-refractivity contribution >= 4 is 20.1 Å². The van der Waals surface area contributed by atoms with Gasteiger partial charge in [-0.15, -0.1) is 0 Å². The first kappa shape index (κ1) is 15.9. The molecule has 0 saturated heterocycles. The molecule has 0 bridgehead atoms. The van der Waals surface area contributed by atoms with E-state index in [1.807, 2.05) is 0 Å². The third kappa shape index (κ3) is 2.87. The van der Waals surface area contributed by atoms with Crippen molar-refractivity contribution in [3.63, 3.8) is 0 Å². The van der Waals surface area contributed by atoms with Crippen LogP contribution in [-0.2, 0) is 24.3 Å². The summed E-state index contributed by atoms with van der Waals surface area (Å²) in [6.45, 7) is 5.31. The van der Waals surface area contributed by atoms with Crippen LogP contribution in [0.25, 0.3) is 0 Å². The fraction of sp³-hybridized carbons (Fsp3) is 1.00. The van der Waals surface area contributed by atoms with Gasteiger partial charge in [0.15, 0.2) is 0 Å². The lowest BCUT2D eigenvalue weighted by Crippen LogP contribution is -2.49. The van der Waals surface area contributed by atoms with E-state index in [0.29, 0.717) is 12.8 Å². The normalized spacial score (nSPS) is 20.1. The van der Waals surface area contributed by atoms with Gasteiger partial charge in [-0.25, -0.2) is 8.42 Å². The monoisotopic (exact) mass is 299 g/mol. The van der Waals surface area contributed by atoms with E-state index in [-0.39, 0.29) is 0 Å². The second-order valence-electron chi connectivity index (χ2n) is 5.70. The van der Waals surface area contributed by atoms with E-state index < -0.39 is 36.2 Å². The highest BCUT2D eigenvalue weighted by atomic mass is 32.2. The molecular weight excluding hydrogens is 278 g/mol. The second-order valence-corrected chi connectivity index (χ2v) is 9.80. The van der Waals surface area contributed by atoms with Crippen LogP contribution in [0.15, 0.2) is 0 Å². The van der Waals surface area contributed by atoms with Crippen LogP contribution in [0, 0.1) is 0 Å². The van der Waals surface area contributed by atoms with Crippen LogP contribution in [-0.4, -0.2) is 51.3 Å². The average molecular weight is 299 g/mol. The van der Waals surface area contributed by atoms with Crippen LogP contribution in [0.1, 0.15) is 33.6 Å². The van der Waals surface area contributed by atoms with Gasteiger partial charge in [-0.2, -0.15) is 12.7 Å². The summed E-state index contributed by atoms with van der Waals surface area (Å²) < 4.78 is 52.3. The summed E-state index contributed by atoms with van der Waals surface area (Å²) in [6, 6.07) is 0. The average Bonchev–Trinajstić information content (AvgIpc) is 2.96. The number of nitrogens with zero attached hydrogens (tertiary/aromatic N) is 1. The maximum atomic E-state index is 12.5. The Hall–Kier alpha value is -0.180. The third-order valence-corrected chi connectivity index (χ3v) is 7.87. The molecule has 1 fully saturated rings. The van der Waals surface area contributed by atoms with Gasteiger partial charge in [-0.1, -0.05) is 0 Å². The van der Waals surface area contributed by atoms with Crippen molar-refractivity contribution in [2.75, 3.05) is 19.9 Å². The molecule has 8 heteroatoms. The van der Waals surface area contributed by atoms with Crippen molar-refractivity contribution in [1.29, 1.82) is 0 Å². The molecule has 6 nitrogen and oxygen atoms in total. The fourth-order valence-electron chi connectivity index (χ4n) is 1.65. The Kier molecular flexibility index (Phi) is 3.91. The van der Waals surface area contributed by atoms with Crippen molar-refractivity contribution in [2.24, 2.45) is 0 Å². The first-order chi connectivity index (χ1) is 7.88. The van der Waals surface area contributed by atoms with Crippen LogP contribution in [0.2, 0.25) is 0 Å². The van der Waals surface area contributed by atoms with Crippen LogP contribution in [0.5, 0.6) is 0 Å². The summed E-state index contributed by atoms with van der Waals surface area (Å²) in [5, 5.41) is 0. The topological polar surface area (TPSA) is 80.8 Å². The molecule has 0 spiro atoms.